The number of alkyl halides is 3. The molecule has 182 valence electrons. The van der Waals surface area contributed by atoms with Gasteiger partial charge in [-0.2, -0.15) is 0 Å². The van der Waals surface area contributed by atoms with Gasteiger partial charge < -0.3 is 15.4 Å². The van der Waals surface area contributed by atoms with E-state index in [0.717, 1.165) is 18.5 Å². The van der Waals surface area contributed by atoms with Crippen LogP contribution < -0.4 is 15.4 Å². The van der Waals surface area contributed by atoms with Crippen molar-refractivity contribution in [1.82, 2.24) is 20.6 Å². The third-order valence-electron chi connectivity index (χ3n) is 6.42. The number of carbonyl (C=O) groups is 2. The van der Waals surface area contributed by atoms with Gasteiger partial charge in [0.05, 0.1) is 23.0 Å². The maximum atomic E-state index is 15.2. The van der Waals surface area contributed by atoms with Crippen LogP contribution in [0.5, 0.6) is 5.75 Å². The molecule has 5 rings (SSSR count). The van der Waals surface area contributed by atoms with Gasteiger partial charge in [0.25, 0.3) is 18.2 Å². The predicted octanol–water partition coefficient (Wildman–Crippen LogP) is 3.93. The van der Waals surface area contributed by atoms with Gasteiger partial charge in [-0.3, -0.25) is 14.6 Å². The zero-order valence-corrected chi connectivity index (χ0v) is 18.5. The molecule has 0 radical (unpaired) electrons. The van der Waals surface area contributed by atoms with Gasteiger partial charge in [-0.15, -0.1) is 0 Å². The minimum Gasteiger partial charge on any atom is -0.484 e. The minimum atomic E-state index is -2.81. The smallest absolute Gasteiger partial charge is 0.281 e. The van der Waals surface area contributed by atoms with Gasteiger partial charge in [0.15, 0.2) is 6.61 Å². The fraction of sp³-hybridized carbons (Fsp3) is 0.455. The molecule has 3 saturated carbocycles. The van der Waals surface area contributed by atoms with E-state index in [4.69, 9.17) is 16.3 Å². The molecule has 2 aromatic rings. The second-order valence-electron chi connectivity index (χ2n) is 8.60. The van der Waals surface area contributed by atoms with Crippen LogP contribution in [0.3, 0.4) is 0 Å². The van der Waals surface area contributed by atoms with Crippen molar-refractivity contribution >= 4 is 23.4 Å². The van der Waals surface area contributed by atoms with Crippen molar-refractivity contribution in [2.45, 2.75) is 55.8 Å². The summed E-state index contributed by atoms with van der Waals surface area (Å²) in [4.78, 5) is 32.2. The number of nitrogens with zero attached hydrogens (tertiary/aromatic N) is 2. The number of ether oxygens (including phenoxy) is 1. The molecule has 2 amide bonds. The molecule has 7 nitrogen and oxygen atoms in total. The highest BCUT2D eigenvalue weighted by atomic mass is 35.5. The zero-order valence-electron chi connectivity index (χ0n) is 17.8. The van der Waals surface area contributed by atoms with Crippen molar-refractivity contribution in [3.63, 3.8) is 0 Å². The van der Waals surface area contributed by atoms with Gasteiger partial charge in [-0.05, 0) is 37.8 Å². The highest BCUT2D eigenvalue weighted by molar-refractivity contribution is 6.30. The Morgan fingerprint density at radius 2 is 1.88 bits per heavy atom. The molecular formula is C22H21ClF4N4O3. The van der Waals surface area contributed by atoms with Crippen LogP contribution in [0.2, 0.25) is 5.02 Å². The number of fused-ring (bicyclic) bond motifs is 3. The van der Waals surface area contributed by atoms with E-state index < -0.39 is 47.0 Å². The van der Waals surface area contributed by atoms with Crippen LogP contribution in [0.15, 0.2) is 30.6 Å². The van der Waals surface area contributed by atoms with Gasteiger partial charge in [0.2, 0.25) is 0 Å². The first-order chi connectivity index (χ1) is 16.1. The van der Waals surface area contributed by atoms with E-state index in [0.29, 0.717) is 12.8 Å². The SMILES string of the molecule is O=C(COc1ccc(Cl)c(F)c1)NC12CCC(NC(=O)c3cnc(C(F)F)cn3)(CC1)[C@@H](F)C2. The number of rotatable bonds is 7. The average Bonchev–Trinajstić information content (AvgIpc) is 2.81. The minimum absolute atomic E-state index is 0.00933. The molecular weight excluding hydrogens is 480 g/mol. The fourth-order valence-electron chi connectivity index (χ4n) is 4.52. The van der Waals surface area contributed by atoms with Gasteiger partial charge in [0.1, 0.15) is 29.1 Å². The molecule has 0 aliphatic heterocycles. The average molecular weight is 501 g/mol. The summed E-state index contributed by atoms with van der Waals surface area (Å²) in [5.74, 6) is -1.71. The van der Waals surface area contributed by atoms with Crippen LogP contribution in [0.1, 0.15) is 54.7 Å². The Morgan fingerprint density at radius 1 is 1.15 bits per heavy atom. The quantitative estimate of drug-likeness (QED) is 0.562. The summed E-state index contributed by atoms with van der Waals surface area (Å²) in [6.07, 6.45) is -1.13. The topological polar surface area (TPSA) is 93.2 Å². The lowest BCUT2D eigenvalue weighted by Gasteiger charge is -2.55. The number of nitrogens with one attached hydrogen (secondary N) is 2. The van der Waals surface area contributed by atoms with E-state index in [-0.39, 0.29) is 42.3 Å². The molecule has 2 N–H and O–H groups in total. The summed E-state index contributed by atoms with van der Waals surface area (Å²) in [7, 11) is 0. The number of amides is 2. The van der Waals surface area contributed by atoms with Crippen molar-refractivity contribution < 1.29 is 31.9 Å². The first-order valence-electron chi connectivity index (χ1n) is 10.6. The number of carbonyl (C=O) groups excluding carboxylic acids is 2. The number of hydrogen-bond donors (Lipinski definition) is 2. The molecule has 34 heavy (non-hydrogen) atoms. The highest BCUT2D eigenvalue weighted by Gasteiger charge is 2.56. The van der Waals surface area contributed by atoms with Crippen LogP contribution in [0, 0.1) is 5.82 Å². The van der Waals surface area contributed by atoms with Gasteiger partial charge in [0, 0.05) is 18.0 Å². The number of benzene rings is 1. The number of aromatic nitrogens is 2. The Kier molecular flexibility index (Phi) is 6.66. The summed E-state index contributed by atoms with van der Waals surface area (Å²) in [5.41, 5.74) is -2.66. The first-order valence-corrected chi connectivity index (χ1v) is 10.9. The lowest BCUT2D eigenvalue weighted by atomic mass is 9.60. The molecule has 0 spiro atoms. The normalized spacial score (nSPS) is 25.8. The molecule has 1 heterocycles. The Bertz CT molecular complexity index is 1080. The molecule has 12 heteroatoms. The molecule has 3 aliphatic rings. The van der Waals surface area contributed by atoms with Gasteiger partial charge in [-0.1, -0.05) is 11.6 Å². The molecule has 2 bridgehead atoms. The molecule has 0 saturated heterocycles. The Balaban J connectivity index is 1.33. The largest absolute Gasteiger partial charge is 0.484 e. The van der Waals surface area contributed by atoms with Crippen LogP contribution in [-0.2, 0) is 4.79 Å². The second kappa shape index (κ2) is 9.36. The molecule has 1 atom stereocenters. The Hall–Kier alpha value is -2.95. The first kappa shape index (κ1) is 24.2. The summed E-state index contributed by atoms with van der Waals surface area (Å²) in [6.45, 7) is -0.380. The van der Waals surface area contributed by atoms with Crippen LogP contribution in [-0.4, -0.2) is 45.6 Å². The lowest BCUT2D eigenvalue weighted by molar-refractivity contribution is -0.128. The fourth-order valence-corrected chi connectivity index (χ4v) is 4.63. The van der Waals surface area contributed by atoms with E-state index in [2.05, 4.69) is 20.6 Å². The highest BCUT2D eigenvalue weighted by Crippen LogP contribution is 2.48. The Morgan fingerprint density at radius 3 is 2.47 bits per heavy atom. The van der Waals surface area contributed by atoms with E-state index in [1.165, 1.54) is 12.1 Å². The van der Waals surface area contributed by atoms with Crippen LogP contribution in [0.4, 0.5) is 17.6 Å². The van der Waals surface area contributed by atoms with E-state index >= 15 is 4.39 Å². The van der Waals surface area contributed by atoms with Crippen molar-refractivity contribution in [2.75, 3.05) is 6.61 Å². The van der Waals surface area contributed by atoms with Crippen molar-refractivity contribution in [3.05, 3.63) is 52.8 Å². The van der Waals surface area contributed by atoms with E-state index in [9.17, 15) is 22.8 Å². The second-order valence-corrected chi connectivity index (χ2v) is 9.01. The van der Waals surface area contributed by atoms with Gasteiger partial charge in [-0.25, -0.2) is 22.5 Å². The van der Waals surface area contributed by atoms with Crippen LogP contribution >= 0.6 is 11.6 Å². The lowest BCUT2D eigenvalue weighted by Crippen LogP contribution is -2.69. The van der Waals surface area contributed by atoms with E-state index in [1.807, 2.05) is 0 Å². The summed E-state index contributed by atoms with van der Waals surface area (Å²) in [6, 6.07) is 3.80. The maximum Gasteiger partial charge on any atom is 0.281 e. The zero-order chi connectivity index (χ0) is 24.5. The number of hydrogen-bond acceptors (Lipinski definition) is 5. The monoisotopic (exact) mass is 500 g/mol. The maximum absolute atomic E-state index is 15.2. The summed E-state index contributed by atoms with van der Waals surface area (Å²) < 4.78 is 59.3. The third kappa shape index (κ3) is 4.94. The van der Waals surface area contributed by atoms with Crippen molar-refractivity contribution in [2.24, 2.45) is 0 Å². The molecule has 1 aromatic heterocycles. The molecule has 3 fully saturated rings. The van der Waals surface area contributed by atoms with Gasteiger partial charge >= 0.3 is 0 Å². The molecule has 1 aromatic carbocycles. The third-order valence-corrected chi connectivity index (χ3v) is 6.73. The van der Waals surface area contributed by atoms with Crippen LogP contribution in [0.25, 0.3) is 0 Å². The van der Waals surface area contributed by atoms with Crippen molar-refractivity contribution in [3.8, 4) is 5.75 Å². The van der Waals surface area contributed by atoms with Crippen molar-refractivity contribution in [1.29, 1.82) is 0 Å². The molecule has 0 unspecified atom stereocenters. The molecule has 3 aliphatic carbocycles. The predicted molar refractivity (Wildman–Crippen MR) is 113 cm³/mol. The number of halogens is 5. The summed E-state index contributed by atoms with van der Waals surface area (Å²) >= 11 is 5.62. The van der Waals surface area contributed by atoms with E-state index in [1.54, 1.807) is 0 Å². The Labute approximate surface area is 197 Å². The standard InChI is InChI=1S/C22H21ClF4N4O3/c23-13-2-1-12(7-14(13)24)34-11-18(32)30-21-3-5-22(6-4-21,17(25)8-21)31-20(33)16-10-28-15(9-29-16)19(26)27/h1-2,7,9-10,17,19H,3-6,8,11H2,(H,30,32)(H,31,33)/t17-,21?,22?/m0/s1. The summed E-state index contributed by atoms with van der Waals surface area (Å²) in [5, 5.41) is 5.44.